The summed E-state index contributed by atoms with van der Waals surface area (Å²) in [6.45, 7) is 1.29. The molecule has 170 valence electrons. The van der Waals surface area contributed by atoms with Crippen LogP contribution in [0.15, 0.2) is 29.1 Å². The number of hydrogen-bond acceptors (Lipinski definition) is 9. The highest BCUT2D eigenvalue weighted by molar-refractivity contribution is 7.21. The molecule has 2 aliphatic rings. The summed E-state index contributed by atoms with van der Waals surface area (Å²) in [7, 11) is 0. The Kier molecular flexibility index (Phi) is 6.09. The number of aliphatic hydroxyl groups excluding tert-OH is 2. The van der Waals surface area contributed by atoms with Crippen LogP contribution in [0.1, 0.15) is 25.7 Å². The van der Waals surface area contributed by atoms with Crippen molar-refractivity contribution in [3.8, 4) is 10.6 Å². The second-order valence-electron chi connectivity index (χ2n) is 8.48. The van der Waals surface area contributed by atoms with Gasteiger partial charge in [0.2, 0.25) is 5.95 Å². The Morgan fingerprint density at radius 3 is 2.69 bits per heavy atom. The molecular weight excluding hydrogens is 430 g/mol. The zero-order valence-electron chi connectivity index (χ0n) is 17.6. The van der Waals surface area contributed by atoms with Gasteiger partial charge in [-0.3, -0.25) is 9.78 Å². The molecule has 10 heteroatoms. The summed E-state index contributed by atoms with van der Waals surface area (Å²) in [5.41, 5.74) is 0.956. The van der Waals surface area contributed by atoms with Crippen LogP contribution in [0, 0.1) is 5.92 Å². The smallest absolute Gasteiger partial charge is 0.264 e. The molecule has 1 aliphatic heterocycles. The summed E-state index contributed by atoms with van der Waals surface area (Å²) in [5, 5.41) is 27.0. The highest BCUT2D eigenvalue weighted by Gasteiger charge is 2.33. The SMILES string of the molecule is O=c1[nH]c(NC2CCOCC2)nc(NC2CC(O)C(CO)C2)c1-c1nc2ccccc2s1. The second-order valence-corrected chi connectivity index (χ2v) is 9.51. The predicted molar refractivity (Wildman–Crippen MR) is 124 cm³/mol. The summed E-state index contributed by atoms with van der Waals surface area (Å²) in [5.74, 6) is 0.671. The largest absolute Gasteiger partial charge is 0.396 e. The molecular formula is C22H27N5O4S. The van der Waals surface area contributed by atoms with Crippen LogP contribution in [0.25, 0.3) is 20.8 Å². The van der Waals surface area contributed by atoms with Gasteiger partial charge in [0.15, 0.2) is 0 Å². The first kappa shape index (κ1) is 21.3. The molecule has 9 nitrogen and oxygen atoms in total. The molecule has 2 aromatic heterocycles. The number of H-pyrrole nitrogens is 1. The van der Waals surface area contributed by atoms with Crippen LogP contribution in [0.3, 0.4) is 0 Å². The van der Waals surface area contributed by atoms with Gasteiger partial charge in [0.05, 0.1) is 16.3 Å². The van der Waals surface area contributed by atoms with Crippen molar-refractivity contribution in [2.45, 2.75) is 43.9 Å². The lowest BCUT2D eigenvalue weighted by Gasteiger charge is -2.24. The van der Waals surface area contributed by atoms with Gasteiger partial charge in [-0.25, -0.2) is 4.98 Å². The number of thiazole rings is 1. The molecule has 0 radical (unpaired) electrons. The van der Waals surface area contributed by atoms with Crippen LogP contribution < -0.4 is 16.2 Å². The number of nitrogens with one attached hydrogen (secondary N) is 3. The molecule has 1 aliphatic carbocycles. The lowest BCUT2D eigenvalue weighted by molar-refractivity contribution is 0.0902. The molecule has 0 bridgehead atoms. The van der Waals surface area contributed by atoms with Gasteiger partial charge < -0.3 is 25.6 Å². The minimum absolute atomic E-state index is 0.0660. The van der Waals surface area contributed by atoms with E-state index in [1.807, 2.05) is 24.3 Å². The van der Waals surface area contributed by atoms with E-state index in [9.17, 15) is 15.0 Å². The van der Waals surface area contributed by atoms with Gasteiger partial charge in [-0.2, -0.15) is 4.98 Å². The van der Waals surface area contributed by atoms with E-state index in [1.54, 1.807) is 0 Å². The fourth-order valence-electron chi connectivity index (χ4n) is 4.47. The first-order valence-corrected chi connectivity index (χ1v) is 11.8. The third-order valence-electron chi connectivity index (χ3n) is 6.22. The lowest BCUT2D eigenvalue weighted by atomic mass is 10.1. The Balaban J connectivity index is 1.51. The lowest BCUT2D eigenvalue weighted by Crippen LogP contribution is -2.30. The number of fused-ring (bicyclic) bond motifs is 1. The van der Waals surface area contributed by atoms with Crippen molar-refractivity contribution >= 4 is 33.3 Å². The average molecular weight is 458 g/mol. The van der Waals surface area contributed by atoms with Gasteiger partial charge in [0, 0.05) is 37.8 Å². The second kappa shape index (κ2) is 9.14. The van der Waals surface area contributed by atoms with E-state index in [2.05, 4.69) is 20.6 Å². The van der Waals surface area contributed by atoms with Gasteiger partial charge in [-0.05, 0) is 37.8 Å². The first-order valence-electron chi connectivity index (χ1n) is 11.0. The van der Waals surface area contributed by atoms with E-state index in [0.29, 0.717) is 48.4 Å². The van der Waals surface area contributed by atoms with E-state index in [0.717, 1.165) is 23.1 Å². The van der Waals surface area contributed by atoms with Crippen molar-refractivity contribution in [3.05, 3.63) is 34.6 Å². The third-order valence-corrected chi connectivity index (χ3v) is 7.28. The van der Waals surface area contributed by atoms with Crippen LogP contribution in [-0.2, 0) is 4.74 Å². The Labute approximate surface area is 188 Å². The maximum Gasteiger partial charge on any atom is 0.264 e. The summed E-state index contributed by atoms with van der Waals surface area (Å²) >= 11 is 1.45. The standard InChI is InChI=1S/C22H27N5O4S/c28-11-12-9-14(10-16(12)29)23-19-18(21-25-15-3-1-2-4-17(15)32-21)20(30)27-22(26-19)24-13-5-7-31-8-6-13/h1-4,12-14,16,28-29H,5-11H2,(H3,23,24,26,27,30). The number of nitrogens with zero attached hydrogens (tertiary/aromatic N) is 2. The minimum Gasteiger partial charge on any atom is -0.396 e. The summed E-state index contributed by atoms with van der Waals surface area (Å²) in [4.78, 5) is 25.5. The number of hydrogen-bond donors (Lipinski definition) is 5. The van der Waals surface area contributed by atoms with Gasteiger partial charge in [-0.1, -0.05) is 12.1 Å². The molecule has 5 N–H and O–H groups in total. The number of aliphatic hydroxyl groups is 2. The van der Waals surface area contributed by atoms with Gasteiger partial charge in [0.1, 0.15) is 16.4 Å². The molecule has 0 amide bonds. The van der Waals surface area contributed by atoms with E-state index in [1.165, 1.54) is 11.3 Å². The van der Waals surface area contributed by atoms with Crippen LogP contribution >= 0.6 is 11.3 Å². The molecule has 3 heterocycles. The Bertz CT molecular complexity index is 1110. The minimum atomic E-state index is -0.578. The molecule has 1 aromatic carbocycles. The predicted octanol–water partition coefficient (Wildman–Crippen LogP) is 2.18. The van der Waals surface area contributed by atoms with Crippen molar-refractivity contribution in [2.75, 3.05) is 30.5 Å². The number of benzene rings is 1. The molecule has 3 aromatic rings. The average Bonchev–Trinajstić information content (AvgIpc) is 3.36. The van der Waals surface area contributed by atoms with Gasteiger partial charge in [-0.15, -0.1) is 11.3 Å². The summed E-state index contributed by atoms with van der Waals surface area (Å²) in [6.07, 6.45) is 2.21. The molecule has 32 heavy (non-hydrogen) atoms. The normalized spacial score (nSPS) is 24.1. The summed E-state index contributed by atoms with van der Waals surface area (Å²) < 4.78 is 6.41. The Morgan fingerprint density at radius 1 is 1.12 bits per heavy atom. The van der Waals surface area contributed by atoms with Gasteiger partial charge >= 0.3 is 0 Å². The fraction of sp³-hybridized carbons (Fsp3) is 0.500. The van der Waals surface area contributed by atoms with Crippen LogP contribution in [0.5, 0.6) is 0 Å². The number of aromatic nitrogens is 3. The van der Waals surface area contributed by atoms with E-state index >= 15 is 0 Å². The van der Waals surface area contributed by atoms with Crippen molar-refractivity contribution < 1.29 is 14.9 Å². The molecule has 0 spiro atoms. The quantitative estimate of drug-likeness (QED) is 0.381. The van der Waals surface area contributed by atoms with E-state index in [-0.39, 0.29) is 30.2 Å². The summed E-state index contributed by atoms with van der Waals surface area (Å²) in [6, 6.07) is 7.85. The zero-order valence-corrected chi connectivity index (χ0v) is 18.4. The van der Waals surface area contributed by atoms with Crippen LogP contribution in [-0.4, -0.2) is 63.2 Å². The van der Waals surface area contributed by atoms with E-state index < -0.39 is 6.10 Å². The van der Waals surface area contributed by atoms with Crippen LogP contribution in [0.4, 0.5) is 11.8 Å². The van der Waals surface area contributed by atoms with Gasteiger partial charge in [0.25, 0.3) is 5.56 Å². The molecule has 1 saturated carbocycles. The molecule has 5 rings (SSSR count). The monoisotopic (exact) mass is 457 g/mol. The number of anilines is 2. The number of aromatic amines is 1. The van der Waals surface area contributed by atoms with Crippen molar-refractivity contribution in [2.24, 2.45) is 5.92 Å². The van der Waals surface area contributed by atoms with Crippen molar-refractivity contribution in [3.63, 3.8) is 0 Å². The highest BCUT2D eigenvalue weighted by Crippen LogP contribution is 2.34. The highest BCUT2D eigenvalue weighted by atomic mass is 32.1. The Morgan fingerprint density at radius 2 is 1.94 bits per heavy atom. The molecule has 3 atom stereocenters. The van der Waals surface area contributed by atoms with Crippen molar-refractivity contribution in [1.82, 2.24) is 15.0 Å². The molecule has 3 unspecified atom stereocenters. The maximum atomic E-state index is 13.2. The zero-order chi connectivity index (χ0) is 22.1. The van der Waals surface area contributed by atoms with Crippen molar-refractivity contribution in [1.29, 1.82) is 0 Å². The maximum absolute atomic E-state index is 13.2. The van der Waals surface area contributed by atoms with Crippen LogP contribution in [0.2, 0.25) is 0 Å². The fourth-order valence-corrected chi connectivity index (χ4v) is 5.48. The number of para-hydroxylation sites is 1. The molecule has 1 saturated heterocycles. The topological polar surface area (TPSA) is 132 Å². The first-order chi connectivity index (χ1) is 15.6. The van der Waals surface area contributed by atoms with E-state index in [4.69, 9.17) is 9.72 Å². The number of rotatable bonds is 6. The molecule has 2 fully saturated rings. The third kappa shape index (κ3) is 4.36. The number of ether oxygens (including phenoxy) is 1. The Hall–Kier alpha value is -2.53.